The molecule has 0 amide bonds. The molecule has 0 bridgehead atoms. The molecule has 0 unspecified atom stereocenters. The van der Waals surface area contributed by atoms with E-state index in [2.05, 4.69) is 20.5 Å². The van der Waals surface area contributed by atoms with Crippen LogP contribution in [0.2, 0.25) is 0 Å². The van der Waals surface area contributed by atoms with Gasteiger partial charge in [0.05, 0.1) is 5.56 Å². The van der Waals surface area contributed by atoms with Gasteiger partial charge in [-0.05, 0) is 18.2 Å². The van der Waals surface area contributed by atoms with Gasteiger partial charge in [0.15, 0.2) is 0 Å². The Kier molecular flexibility index (Phi) is 2.80. The maximum atomic E-state index is 12.6. The van der Waals surface area contributed by atoms with Crippen LogP contribution in [-0.4, -0.2) is 0 Å². The van der Waals surface area contributed by atoms with Crippen molar-refractivity contribution in [3.8, 4) is 0 Å². The minimum absolute atomic E-state index is 0.0207. The molecule has 1 aromatic carbocycles. The quantitative estimate of drug-likeness (QED) is 0.599. The number of nitrogens with one attached hydrogen (secondary N) is 1. The van der Waals surface area contributed by atoms with Crippen LogP contribution in [0.25, 0.3) is 0 Å². The Labute approximate surface area is 80.1 Å². The monoisotopic (exact) mass is 257 g/mol. The smallest absolute Gasteiger partial charge is 0.322 e. The fourth-order valence-corrected chi connectivity index (χ4v) is 1.04. The molecule has 0 aliphatic rings. The number of hydrogen-bond donors (Lipinski definition) is 1. The van der Waals surface area contributed by atoms with Gasteiger partial charge in [-0.15, -0.1) is 0 Å². The highest BCUT2D eigenvalue weighted by atomic mass is 79.9. The van der Waals surface area contributed by atoms with Crippen LogP contribution in [0.15, 0.2) is 18.2 Å². The zero-order valence-electron chi connectivity index (χ0n) is 6.12. The van der Waals surface area contributed by atoms with E-state index in [0.29, 0.717) is 6.07 Å². The Balaban J connectivity index is 3.16. The molecule has 1 aromatic rings. The third-order valence-electron chi connectivity index (χ3n) is 1.33. The summed E-state index contributed by atoms with van der Waals surface area (Å²) in [6, 6.07) is 2.19. The molecule has 0 aliphatic heterocycles. The van der Waals surface area contributed by atoms with E-state index < -0.39 is 17.6 Å². The largest absolute Gasteiger partial charge is 0.416 e. The van der Waals surface area contributed by atoms with Gasteiger partial charge >= 0.3 is 6.18 Å². The maximum Gasteiger partial charge on any atom is 0.416 e. The first kappa shape index (κ1) is 10.3. The van der Waals surface area contributed by atoms with Crippen LogP contribution in [0.4, 0.5) is 23.2 Å². The molecule has 1 nitrogen and oxygen atoms in total. The van der Waals surface area contributed by atoms with Crippen LogP contribution >= 0.6 is 16.1 Å². The third kappa shape index (κ3) is 2.58. The standard InChI is InChI=1S/C7H4BrF4N/c8-13-6-2-4(7(10,11)12)1-5(9)3-6/h1-3,13H. The van der Waals surface area contributed by atoms with Crippen LogP contribution in [-0.2, 0) is 6.18 Å². The molecule has 72 valence electrons. The summed E-state index contributed by atoms with van der Waals surface area (Å²) in [5, 5.41) is 0. The highest BCUT2D eigenvalue weighted by molar-refractivity contribution is 9.10. The normalized spacial score (nSPS) is 11.5. The molecule has 0 radical (unpaired) electrons. The summed E-state index contributed by atoms with van der Waals surface area (Å²) < 4.78 is 51.1. The second kappa shape index (κ2) is 3.53. The van der Waals surface area contributed by atoms with Gasteiger partial charge in [0.1, 0.15) is 5.82 Å². The van der Waals surface area contributed by atoms with Gasteiger partial charge in [0.25, 0.3) is 0 Å². The molecule has 13 heavy (non-hydrogen) atoms. The molecular weight excluding hydrogens is 254 g/mol. The number of hydrogen-bond acceptors (Lipinski definition) is 1. The van der Waals surface area contributed by atoms with Crippen molar-refractivity contribution >= 4 is 21.8 Å². The Morgan fingerprint density at radius 1 is 1.15 bits per heavy atom. The van der Waals surface area contributed by atoms with Crippen LogP contribution in [0.5, 0.6) is 0 Å². The average Bonchev–Trinajstić information content (AvgIpc) is 2.01. The van der Waals surface area contributed by atoms with E-state index in [9.17, 15) is 17.6 Å². The summed E-state index contributed by atoms with van der Waals surface area (Å²) in [5.41, 5.74) is -0.998. The van der Waals surface area contributed by atoms with Crippen molar-refractivity contribution in [2.24, 2.45) is 0 Å². The number of rotatable bonds is 1. The second-order valence-corrected chi connectivity index (χ2v) is 2.72. The van der Waals surface area contributed by atoms with Crippen molar-refractivity contribution in [1.82, 2.24) is 0 Å². The molecular formula is C7H4BrF4N. The Morgan fingerprint density at radius 2 is 1.77 bits per heavy atom. The summed E-state index contributed by atoms with van der Waals surface area (Å²) in [7, 11) is 0. The molecule has 0 heterocycles. The molecule has 1 rings (SSSR count). The molecule has 0 atom stereocenters. The summed E-state index contributed by atoms with van der Waals surface area (Å²) in [6.45, 7) is 0. The van der Waals surface area contributed by atoms with Gasteiger partial charge in [-0.25, -0.2) is 4.39 Å². The Morgan fingerprint density at radius 3 is 2.23 bits per heavy atom. The molecule has 0 saturated heterocycles. The molecule has 0 aromatic heterocycles. The lowest BCUT2D eigenvalue weighted by Gasteiger charge is -2.08. The molecule has 0 fully saturated rings. The van der Waals surface area contributed by atoms with Crippen LogP contribution in [0, 0.1) is 5.82 Å². The van der Waals surface area contributed by atoms with E-state index >= 15 is 0 Å². The number of halogens is 5. The summed E-state index contributed by atoms with van der Waals surface area (Å²) in [6.07, 6.45) is -4.53. The lowest BCUT2D eigenvalue weighted by Crippen LogP contribution is -2.05. The van der Waals surface area contributed by atoms with Crippen molar-refractivity contribution in [1.29, 1.82) is 0 Å². The van der Waals surface area contributed by atoms with Crippen molar-refractivity contribution in [3.63, 3.8) is 0 Å². The lowest BCUT2D eigenvalue weighted by molar-refractivity contribution is -0.137. The van der Waals surface area contributed by atoms with Gasteiger partial charge < -0.3 is 4.34 Å². The lowest BCUT2D eigenvalue weighted by atomic mass is 10.2. The Hall–Kier alpha value is -0.780. The highest BCUT2D eigenvalue weighted by Crippen LogP contribution is 2.31. The van der Waals surface area contributed by atoms with E-state index in [1.165, 1.54) is 0 Å². The minimum Gasteiger partial charge on any atom is -0.322 e. The van der Waals surface area contributed by atoms with E-state index in [0.717, 1.165) is 12.1 Å². The summed E-state index contributed by atoms with van der Waals surface area (Å²) in [4.78, 5) is 0. The fraction of sp³-hybridized carbons (Fsp3) is 0.143. The zero-order valence-corrected chi connectivity index (χ0v) is 7.71. The van der Waals surface area contributed by atoms with Crippen molar-refractivity contribution in [2.45, 2.75) is 6.18 Å². The second-order valence-electron chi connectivity index (χ2n) is 2.32. The first-order chi connectivity index (χ1) is 5.93. The van der Waals surface area contributed by atoms with Crippen LogP contribution in [0.3, 0.4) is 0 Å². The average molecular weight is 258 g/mol. The van der Waals surface area contributed by atoms with E-state index in [1.54, 1.807) is 0 Å². The van der Waals surface area contributed by atoms with Crippen LogP contribution < -0.4 is 4.34 Å². The van der Waals surface area contributed by atoms with Gasteiger partial charge in [0, 0.05) is 21.8 Å². The summed E-state index contributed by atoms with van der Waals surface area (Å²) >= 11 is 2.71. The minimum atomic E-state index is -4.53. The van der Waals surface area contributed by atoms with E-state index in [-0.39, 0.29) is 5.69 Å². The molecule has 6 heteroatoms. The topological polar surface area (TPSA) is 12.0 Å². The van der Waals surface area contributed by atoms with Gasteiger partial charge in [-0.2, -0.15) is 13.2 Å². The van der Waals surface area contributed by atoms with Gasteiger partial charge in [-0.3, -0.25) is 0 Å². The van der Waals surface area contributed by atoms with Gasteiger partial charge in [0.2, 0.25) is 0 Å². The van der Waals surface area contributed by atoms with Crippen molar-refractivity contribution in [2.75, 3.05) is 4.34 Å². The number of alkyl halides is 3. The van der Waals surface area contributed by atoms with Gasteiger partial charge in [-0.1, -0.05) is 0 Å². The molecule has 1 N–H and O–H groups in total. The zero-order chi connectivity index (χ0) is 10.1. The fourth-order valence-electron chi connectivity index (χ4n) is 0.808. The first-order valence-electron chi connectivity index (χ1n) is 3.18. The summed E-state index contributed by atoms with van der Waals surface area (Å²) in [5.74, 6) is -0.934. The number of anilines is 1. The van der Waals surface area contributed by atoms with Crippen molar-refractivity contribution in [3.05, 3.63) is 29.6 Å². The highest BCUT2D eigenvalue weighted by Gasteiger charge is 2.31. The van der Waals surface area contributed by atoms with Crippen LogP contribution in [0.1, 0.15) is 5.56 Å². The molecule has 0 saturated carbocycles. The third-order valence-corrected chi connectivity index (χ3v) is 1.79. The van der Waals surface area contributed by atoms with E-state index in [1.807, 2.05) is 0 Å². The first-order valence-corrected chi connectivity index (χ1v) is 3.97. The number of benzene rings is 1. The Bertz CT molecular complexity index is 310. The SMILES string of the molecule is Fc1cc(NBr)cc(C(F)(F)F)c1. The van der Waals surface area contributed by atoms with Crippen molar-refractivity contribution < 1.29 is 17.6 Å². The predicted molar refractivity (Wildman–Crippen MR) is 44.0 cm³/mol. The van der Waals surface area contributed by atoms with E-state index in [4.69, 9.17) is 0 Å². The molecule has 0 aliphatic carbocycles. The predicted octanol–water partition coefficient (Wildman–Crippen LogP) is 3.57. The molecule has 0 spiro atoms. The maximum absolute atomic E-state index is 12.6.